The molecule has 1 saturated heterocycles. The van der Waals surface area contributed by atoms with Gasteiger partial charge < -0.3 is 4.90 Å². The second kappa shape index (κ2) is 6.00. The van der Waals surface area contributed by atoms with Crippen molar-refractivity contribution < 1.29 is 9.18 Å². The number of piperidine rings is 1. The Labute approximate surface area is 113 Å². The van der Waals surface area contributed by atoms with Crippen LogP contribution < -0.4 is 0 Å². The summed E-state index contributed by atoms with van der Waals surface area (Å²) in [6.45, 7) is 4.17. The highest BCUT2D eigenvalue weighted by molar-refractivity contribution is 5.92. The molecule has 2 nitrogen and oxygen atoms in total. The first-order chi connectivity index (χ1) is 9.08. The Morgan fingerprint density at radius 2 is 2.00 bits per heavy atom. The van der Waals surface area contributed by atoms with Gasteiger partial charge in [-0.25, -0.2) is 4.39 Å². The Hall–Kier alpha value is -1.64. The molecule has 0 radical (unpaired) electrons. The highest BCUT2D eigenvalue weighted by Crippen LogP contribution is 2.22. The molecule has 1 aliphatic heterocycles. The second-order valence-corrected chi connectivity index (χ2v) is 5.26. The zero-order valence-electron chi connectivity index (χ0n) is 11.5. The number of nitrogens with zero attached hydrogens (tertiary/aromatic N) is 1. The van der Waals surface area contributed by atoms with Crippen LogP contribution in [0.5, 0.6) is 0 Å². The van der Waals surface area contributed by atoms with Gasteiger partial charge >= 0.3 is 0 Å². The maximum absolute atomic E-state index is 13.0. The van der Waals surface area contributed by atoms with Crippen LogP contribution in [0.1, 0.15) is 38.7 Å². The van der Waals surface area contributed by atoms with E-state index in [1.54, 1.807) is 24.3 Å². The summed E-state index contributed by atoms with van der Waals surface area (Å²) in [5.41, 5.74) is 0.714. The molecule has 3 heteroatoms. The van der Waals surface area contributed by atoms with Gasteiger partial charge in [0, 0.05) is 18.2 Å². The molecule has 0 aromatic heterocycles. The van der Waals surface area contributed by atoms with Crippen LogP contribution in [0.4, 0.5) is 4.39 Å². The summed E-state index contributed by atoms with van der Waals surface area (Å²) in [6, 6.07) is 6.82. The molecule has 102 valence electrons. The minimum Gasteiger partial charge on any atom is -0.334 e. The molecule has 1 fully saturated rings. The highest BCUT2D eigenvalue weighted by Gasteiger charge is 2.27. The lowest BCUT2D eigenvalue weighted by Gasteiger charge is -2.38. The molecule has 1 heterocycles. The molecule has 19 heavy (non-hydrogen) atoms. The number of halogens is 1. The predicted octanol–water partition coefficient (Wildman–Crippen LogP) is 3.63. The molecular weight excluding hydrogens is 241 g/mol. The van der Waals surface area contributed by atoms with Gasteiger partial charge in [0.2, 0.25) is 5.91 Å². The maximum Gasteiger partial charge on any atom is 0.247 e. The van der Waals surface area contributed by atoms with E-state index in [9.17, 15) is 9.18 Å². The van der Waals surface area contributed by atoms with E-state index in [0.717, 1.165) is 12.8 Å². The summed E-state index contributed by atoms with van der Waals surface area (Å²) in [7, 11) is 0. The van der Waals surface area contributed by atoms with Crippen molar-refractivity contribution in [3.05, 3.63) is 41.7 Å². The van der Waals surface area contributed by atoms with Gasteiger partial charge in [0.25, 0.3) is 0 Å². The standard InChI is InChI=1S/C16H20FNO/c1-12-5-3-6-13(2)18(12)16(19)10-9-14-7-4-8-15(17)11-14/h4,7-13H,3,5-6H2,1-2H3/b10-9+. The van der Waals surface area contributed by atoms with Gasteiger partial charge in [0.05, 0.1) is 0 Å². The average Bonchev–Trinajstić information content (AvgIpc) is 2.36. The molecule has 0 N–H and O–H groups in total. The molecular formula is C16H20FNO. The van der Waals surface area contributed by atoms with Crippen molar-refractivity contribution in [3.8, 4) is 0 Å². The molecule has 0 spiro atoms. The van der Waals surface area contributed by atoms with E-state index in [1.807, 2.05) is 4.90 Å². The van der Waals surface area contributed by atoms with Crippen LogP contribution in [-0.4, -0.2) is 22.9 Å². The molecule has 2 rings (SSSR count). The third-order valence-corrected chi connectivity index (χ3v) is 3.72. The Kier molecular flexibility index (Phi) is 4.35. The van der Waals surface area contributed by atoms with Crippen molar-refractivity contribution in [2.75, 3.05) is 0 Å². The first-order valence-corrected chi connectivity index (χ1v) is 6.84. The van der Waals surface area contributed by atoms with E-state index >= 15 is 0 Å². The number of carbonyl (C=O) groups is 1. The van der Waals surface area contributed by atoms with E-state index in [0.29, 0.717) is 5.56 Å². The first-order valence-electron chi connectivity index (χ1n) is 6.84. The summed E-state index contributed by atoms with van der Waals surface area (Å²) in [5, 5.41) is 0. The fourth-order valence-electron chi connectivity index (χ4n) is 2.72. The molecule has 2 atom stereocenters. The molecule has 0 bridgehead atoms. The van der Waals surface area contributed by atoms with Crippen molar-refractivity contribution >= 4 is 12.0 Å². The molecule has 1 aliphatic rings. The van der Waals surface area contributed by atoms with Crippen LogP contribution in [0.3, 0.4) is 0 Å². The number of rotatable bonds is 2. The fraction of sp³-hybridized carbons (Fsp3) is 0.438. The number of likely N-dealkylation sites (tertiary alicyclic amines) is 1. The third kappa shape index (κ3) is 3.43. The summed E-state index contributed by atoms with van der Waals surface area (Å²) in [6.07, 6.45) is 6.53. The SMILES string of the molecule is CC1CCCC(C)N1C(=O)/C=C/c1cccc(F)c1. The number of amides is 1. The van der Waals surface area contributed by atoms with Crippen molar-refractivity contribution in [2.24, 2.45) is 0 Å². The Bertz CT molecular complexity index is 473. The Balaban J connectivity index is 2.07. The number of carbonyl (C=O) groups excluding carboxylic acids is 1. The predicted molar refractivity (Wildman–Crippen MR) is 75.1 cm³/mol. The summed E-state index contributed by atoms with van der Waals surface area (Å²) < 4.78 is 13.0. The van der Waals surface area contributed by atoms with Crippen LogP contribution >= 0.6 is 0 Å². The second-order valence-electron chi connectivity index (χ2n) is 5.26. The average molecular weight is 261 g/mol. The fourth-order valence-corrected chi connectivity index (χ4v) is 2.72. The van der Waals surface area contributed by atoms with Crippen LogP contribution in [-0.2, 0) is 4.79 Å². The van der Waals surface area contributed by atoms with Crippen LogP contribution in [0.25, 0.3) is 6.08 Å². The zero-order valence-corrected chi connectivity index (χ0v) is 11.5. The van der Waals surface area contributed by atoms with Crippen molar-refractivity contribution in [2.45, 2.75) is 45.2 Å². The molecule has 2 unspecified atom stereocenters. The normalized spacial score (nSPS) is 23.8. The van der Waals surface area contributed by atoms with Gasteiger partial charge in [0.15, 0.2) is 0 Å². The van der Waals surface area contributed by atoms with E-state index < -0.39 is 0 Å². The summed E-state index contributed by atoms with van der Waals surface area (Å²) in [4.78, 5) is 14.2. The van der Waals surface area contributed by atoms with Crippen molar-refractivity contribution in [1.29, 1.82) is 0 Å². The van der Waals surface area contributed by atoms with Gasteiger partial charge in [-0.1, -0.05) is 12.1 Å². The number of hydrogen-bond donors (Lipinski definition) is 0. The summed E-state index contributed by atoms with van der Waals surface area (Å²) >= 11 is 0. The Morgan fingerprint density at radius 3 is 2.63 bits per heavy atom. The van der Waals surface area contributed by atoms with Gasteiger partial charge in [-0.2, -0.15) is 0 Å². The lowest BCUT2D eigenvalue weighted by Crippen LogP contribution is -2.46. The van der Waals surface area contributed by atoms with Crippen molar-refractivity contribution in [3.63, 3.8) is 0 Å². The molecule has 0 aliphatic carbocycles. The minimum atomic E-state index is -0.283. The molecule has 0 saturated carbocycles. The maximum atomic E-state index is 13.0. The van der Waals surface area contributed by atoms with E-state index in [1.165, 1.54) is 18.6 Å². The lowest BCUT2D eigenvalue weighted by molar-refractivity contribution is -0.131. The smallest absolute Gasteiger partial charge is 0.247 e. The van der Waals surface area contributed by atoms with Crippen LogP contribution in [0, 0.1) is 5.82 Å². The van der Waals surface area contributed by atoms with Crippen molar-refractivity contribution in [1.82, 2.24) is 4.90 Å². The van der Waals surface area contributed by atoms with Crippen LogP contribution in [0.15, 0.2) is 30.3 Å². The monoisotopic (exact) mass is 261 g/mol. The molecule has 1 amide bonds. The minimum absolute atomic E-state index is 0.0176. The topological polar surface area (TPSA) is 20.3 Å². The largest absolute Gasteiger partial charge is 0.334 e. The van der Waals surface area contributed by atoms with E-state index in [4.69, 9.17) is 0 Å². The Morgan fingerprint density at radius 1 is 1.32 bits per heavy atom. The third-order valence-electron chi connectivity index (χ3n) is 3.72. The van der Waals surface area contributed by atoms with Gasteiger partial charge in [-0.15, -0.1) is 0 Å². The first kappa shape index (κ1) is 13.8. The van der Waals surface area contributed by atoms with E-state index in [2.05, 4.69) is 13.8 Å². The van der Waals surface area contributed by atoms with Gasteiger partial charge in [-0.05, 0) is 56.9 Å². The van der Waals surface area contributed by atoms with Gasteiger partial charge in [0.1, 0.15) is 5.82 Å². The zero-order chi connectivity index (χ0) is 13.8. The van der Waals surface area contributed by atoms with Crippen LogP contribution in [0.2, 0.25) is 0 Å². The number of benzene rings is 1. The highest BCUT2D eigenvalue weighted by atomic mass is 19.1. The number of hydrogen-bond acceptors (Lipinski definition) is 1. The summed E-state index contributed by atoms with van der Waals surface area (Å²) in [5.74, 6) is -0.265. The van der Waals surface area contributed by atoms with E-state index in [-0.39, 0.29) is 23.8 Å². The molecule has 1 aromatic carbocycles. The quantitative estimate of drug-likeness (QED) is 0.744. The van der Waals surface area contributed by atoms with Gasteiger partial charge in [-0.3, -0.25) is 4.79 Å². The molecule has 1 aromatic rings. The lowest BCUT2D eigenvalue weighted by atomic mass is 9.97.